The van der Waals surface area contributed by atoms with Gasteiger partial charge in [0.05, 0.1) is 0 Å². The number of hydrogen-bond donors (Lipinski definition) is 1. The third-order valence-corrected chi connectivity index (χ3v) is 4.45. The molecule has 106 valence electrons. The van der Waals surface area contributed by atoms with Crippen molar-refractivity contribution in [1.29, 1.82) is 0 Å². The van der Waals surface area contributed by atoms with Crippen LogP contribution in [-0.2, 0) is 6.42 Å². The highest BCUT2D eigenvalue weighted by Crippen LogP contribution is 2.29. The van der Waals surface area contributed by atoms with Crippen LogP contribution in [0.2, 0.25) is 0 Å². The minimum Gasteiger partial charge on any atom is -0.314 e. The summed E-state index contributed by atoms with van der Waals surface area (Å²) in [6, 6.07) is 11.6. The monoisotopic (exact) mass is 259 g/mol. The Morgan fingerprint density at radius 1 is 1.16 bits per heavy atom. The van der Waals surface area contributed by atoms with Gasteiger partial charge >= 0.3 is 0 Å². The second-order valence-corrected chi connectivity index (χ2v) is 6.02. The van der Waals surface area contributed by atoms with Crippen molar-refractivity contribution < 1.29 is 0 Å². The first-order chi connectivity index (χ1) is 9.38. The predicted octanol–water partition coefficient (Wildman–Crippen LogP) is 4.57. The van der Waals surface area contributed by atoms with Gasteiger partial charge in [0.15, 0.2) is 0 Å². The number of rotatable bonds is 8. The van der Waals surface area contributed by atoms with E-state index in [1.165, 1.54) is 56.9 Å². The van der Waals surface area contributed by atoms with Crippen molar-refractivity contribution in [2.45, 2.75) is 64.3 Å². The van der Waals surface area contributed by atoms with Gasteiger partial charge in [0, 0.05) is 6.04 Å². The van der Waals surface area contributed by atoms with Gasteiger partial charge in [0.2, 0.25) is 0 Å². The normalized spacial score (nSPS) is 17.7. The number of aryl methyl sites for hydroxylation is 1. The molecule has 2 rings (SSSR count). The minimum atomic E-state index is 0.747. The van der Waals surface area contributed by atoms with Gasteiger partial charge in [-0.2, -0.15) is 0 Å². The number of nitrogens with one attached hydrogen (secondary N) is 1. The zero-order chi connectivity index (χ0) is 13.3. The first kappa shape index (κ1) is 14.6. The summed E-state index contributed by atoms with van der Waals surface area (Å²) >= 11 is 0. The molecule has 1 fully saturated rings. The first-order valence-electron chi connectivity index (χ1n) is 8.15. The van der Waals surface area contributed by atoms with Gasteiger partial charge < -0.3 is 5.32 Å². The third kappa shape index (κ3) is 5.36. The molecule has 1 unspecified atom stereocenters. The molecule has 1 heteroatoms. The van der Waals surface area contributed by atoms with Crippen molar-refractivity contribution in [1.82, 2.24) is 5.32 Å². The van der Waals surface area contributed by atoms with E-state index in [4.69, 9.17) is 0 Å². The molecule has 0 radical (unpaired) electrons. The Balaban J connectivity index is 1.70. The Bertz CT molecular complexity index is 327. The van der Waals surface area contributed by atoms with Crippen molar-refractivity contribution in [3.8, 4) is 0 Å². The van der Waals surface area contributed by atoms with Crippen LogP contribution in [-0.4, -0.2) is 12.6 Å². The quantitative estimate of drug-likeness (QED) is 0.721. The topological polar surface area (TPSA) is 12.0 Å². The SMILES string of the molecule is CCNC(CCCc1ccccc1)CC1CCCC1. The molecule has 0 amide bonds. The highest BCUT2D eigenvalue weighted by atomic mass is 14.9. The van der Waals surface area contributed by atoms with Crippen LogP contribution in [0.3, 0.4) is 0 Å². The molecule has 0 aliphatic heterocycles. The summed E-state index contributed by atoms with van der Waals surface area (Å²) in [5.74, 6) is 1.00. The summed E-state index contributed by atoms with van der Waals surface area (Å²) in [4.78, 5) is 0. The Hall–Kier alpha value is -0.820. The summed E-state index contributed by atoms with van der Waals surface area (Å²) in [5, 5.41) is 3.70. The minimum absolute atomic E-state index is 0.747. The van der Waals surface area contributed by atoms with E-state index >= 15 is 0 Å². The van der Waals surface area contributed by atoms with Crippen LogP contribution in [0.5, 0.6) is 0 Å². The maximum atomic E-state index is 3.70. The Morgan fingerprint density at radius 2 is 1.89 bits per heavy atom. The molecule has 1 aliphatic rings. The molecular weight excluding hydrogens is 230 g/mol. The van der Waals surface area contributed by atoms with E-state index in [2.05, 4.69) is 42.6 Å². The van der Waals surface area contributed by atoms with Gasteiger partial charge in [0.25, 0.3) is 0 Å². The van der Waals surface area contributed by atoms with Crippen LogP contribution in [0.25, 0.3) is 0 Å². The molecule has 1 N–H and O–H groups in total. The summed E-state index contributed by atoms with van der Waals surface area (Å²) in [5.41, 5.74) is 1.48. The lowest BCUT2D eigenvalue weighted by Crippen LogP contribution is -2.30. The first-order valence-corrected chi connectivity index (χ1v) is 8.15. The maximum Gasteiger partial charge on any atom is 0.00696 e. The van der Waals surface area contributed by atoms with Crippen LogP contribution < -0.4 is 5.32 Å². The van der Waals surface area contributed by atoms with Crippen molar-refractivity contribution in [2.24, 2.45) is 5.92 Å². The van der Waals surface area contributed by atoms with Gasteiger partial charge in [-0.1, -0.05) is 62.9 Å². The molecule has 1 saturated carbocycles. The van der Waals surface area contributed by atoms with Crippen molar-refractivity contribution in [3.05, 3.63) is 35.9 Å². The lowest BCUT2D eigenvalue weighted by atomic mass is 9.94. The Kier molecular flexibility index (Phi) is 6.43. The lowest BCUT2D eigenvalue weighted by molar-refractivity contribution is 0.370. The smallest absolute Gasteiger partial charge is 0.00696 e. The number of benzene rings is 1. The van der Waals surface area contributed by atoms with E-state index in [9.17, 15) is 0 Å². The molecule has 0 aromatic heterocycles. The maximum absolute atomic E-state index is 3.70. The zero-order valence-electron chi connectivity index (χ0n) is 12.4. The molecule has 19 heavy (non-hydrogen) atoms. The van der Waals surface area contributed by atoms with Crippen molar-refractivity contribution in [3.63, 3.8) is 0 Å². The summed E-state index contributed by atoms with van der Waals surface area (Å²) in [7, 11) is 0. The molecule has 1 atom stereocenters. The average Bonchev–Trinajstić information content (AvgIpc) is 2.93. The molecule has 0 bridgehead atoms. The Morgan fingerprint density at radius 3 is 2.58 bits per heavy atom. The van der Waals surface area contributed by atoms with E-state index in [0.717, 1.165) is 18.5 Å². The van der Waals surface area contributed by atoms with Crippen LogP contribution >= 0.6 is 0 Å². The lowest BCUT2D eigenvalue weighted by Gasteiger charge is -2.21. The third-order valence-electron chi connectivity index (χ3n) is 4.45. The Labute approximate surface area is 118 Å². The van der Waals surface area contributed by atoms with E-state index in [1.807, 2.05) is 0 Å². The van der Waals surface area contributed by atoms with Crippen LogP contribution in [0.15, 0.2) is 30.3 Å². The summed E-state index contributed by atoms with van der Waals surface area (Å²) in [6.07, 6.45) is 11.2. The van der Waals surface area contributed by atoms with Crippen molar-refractivity contribution >= 4 is 0 Å². The van der Waals surface area contributed by atoms with Crippen LogP contribution in [0.4, 0.5) is 0 Å². The zero-order valence-corrected chi connectivity index (χ0v) is 12.4. The molecule has 0 spiro atoms. The van der Waals surface area contributed by atoms with Crippen molar-refractivity contribution in [2.75, 3.05) is 6.54 Å². The molecule has 0 saturated heterocycles. The van der Waals surface area contributed by atoms with E-state index in [-0.39, 0.29) is 0 Å². The molecule has 1 aromatic carbocycles. The van der Waals surface area contributed by atoms with Gasteiger partial charge in [-0.15, -0.1) is 0 Å². The van der Waals surface area contributed by atoms with Gasteiger partial charge in [-0.25, -0.2) is 0 Å². The molecule has 1 nitrogen and oxygen atoms in total. The van der Waals surface area contributed by atoms with Gasteiger partial charge in [-0.05, 0) is 43.7 Å². The van der Waals surface area contributed by atoms with Crippen LogP contribution in [0, 0.1) is 5.92 Å². The average molecular weight is 259 g/mol. The summed E-state index contributed by atoms with van der Waals surface area (Å²) in [6.45, 7) is 3.35. The highest BCUT2D eigenvalue weighted by Gasteiger charge is 2.19. The second-order valence-electron chi connectivity index (χ2n) is 6.02. The number of hydrogen-bond acceptors (Lipinski definition) is 1. The summed E-state index contributed by atoms with van der Waals surface area (Å²) < 4.78 is 0. The van der Waals surface area contributed by atoms with Crippen LogP contribution in [0.1, 0.15) is 57.4 Å². The van der Waals surface area contributed by atoms with E-state index in [0.29, 0.717) is 0 Å². The van der Waals surface area contributed by atoms with Gasteiger partial charge in [0.1, 0.15) is 0 Å². The fourth-order valence-electron chi connectivity index (χ4n) is 3.44. The molecule has 1 aliphatic carbocycles. The predicted molar refractivity (Wildman–Crippen MR) is 83.4 cm³/mol. The molecule has 0 heterocycles. The van der Waals surface area contributed by atoms with E-state index in [1.54, 1.807) is 0 Å². The fraction of sp³-hybridized carbons (Fsp3) is 0.667. The van der Waals surface area contributed by atoms with Gasteiger partial charge in [-0.3, -0.25) is 0 Å². The molecule has 1 aromatic rings. The van der Waals surface area contributed by atoms with E-state index < -0.39 is 0 Å². The second kappa shape index (κ2) is 8.37. The largest absolute Gasteiger partial charge is 0.314 e. The molecular formula is C18H29N. The highest BCUT2D eigenvalue weighted by molar-refractivity contribution is 5.14. The standard InChI is InChI=1S/C18H29N/c1-2-19-18(15-17-11-6-7-12-17)14-8-13-16-9-4-3-5-10-16/h3-5,9-10,17-19H,2,6-8,11-15H2,1H3. The fourth-order valence-corrected chi connectivity index (χ4v) is 3.44.